The van der Waals surface area contributed by atoms with Crippen molar-refractivity contribution in [3.05, 3.63) is 29.2 Å². The number of hydrogen-bond donors (Lipinski definition) is 1. The Balaban J connectivity index is 2.02. The van der Waals surface area contributed by atoms with Gasteiger partial charge < -0.3 is 0 Å². The van der Waals surface area contributed by atoms with Crippen molar-refractivity contribution in [2.45, 2.75) is 45.6 Å². The van der Waals surface area contributed by atoms with Crippen LogP contribution in [0.5, 0.6) is 0 Å². The number of rotatable bonds is 3. The lowest BCUT2D eigenvalue weighted by Crippen LogP contribution is -2.18. The van der Waals surface area contributed by atoms with E-state index in [2.05, 4.69) is 16.7 Å². The lowest BCUT2D eigenvalue weighted by atomic mass is 9.87. The van der Waals surface area contributed by atoms with Crippen molar-refractivity contribution in [1.82, 2.24) is 14.5 Å². The van der Waals surface area contributed by atoms with E-state index in [1.54, 1.807) is 12.3 Å². The first-order valence-electron chi connectivity index (χ1n) is 8.03. The summed E-state index contributed by atoms with van der Waals surface area (Å²) in [6, 6.07) is 3.41. The molecule has 0 spiro atoms. The number of carbonyl (C=O) groups is 1. The molecule has 3 rings (SSSR count). The summed E-state index contributed by atoms with van der Waals surface area (Å²) in [6.45, 7) is 4.19. The molecule has 0 bridgehead atoms. The number of aryl methyl sites for hydroxylation is 1. The average molecular weight is 335 g/mol. The predicted molar refractivity (Wildman–Crippen MR) is 92.1 cm³/mol. The Morgan fingerprint density at radius 1 is 1.35 bits per heavy atom. The second-order valence-corrected chi connectivity index (χ2v) is 7.04. The van der Waals surface area contributed by atoms with Crippen LogP contribution in [0.4, 0.5) is 4.39 Å². The van der Waals surface area contributed by atoms with Crippen molar-refractivity contribution < 1.29 is 9.18 Å². The van der Waals surface area contributed by atoms with Crippen molar-refractivity contribution in [3.63, 3.8) is 0 Å². The highest BCUT2D eigenvalue weighted by molar-refractivity contribution is 7.97. The molecule has 1 amide bonds. The standard InChI is InChI=1S/C17H22FN3OS/c1-10-4-6-12(7-5-10)21-16-9-15(18)14(17(22)20-23-3)8-13(16)11(2)19-21/h8-10,12H,4-7H2,1-3H3,(H,20,22). The topological polar surface area (TPSA) is 46.9 Å². The predicted octanol–water partition coefficient (Wildman–Crippen LogP) is 4.24. The highest BCUT2D eigenvalue weighted by atomic mass is 32.2. The number of amides is 1. The molecule has 0 saturated heterocycles. The average Bonchev–Trinajstić information content (AvgIpc) is 2.84. The molecule has 4 nitrogen and oxygen atoms in total. The molecule has 0 radical (unpaired) electrons. The van der Waals surface area contributed by atoms with Crippen LogP contribution in [0.15, 0.2) is 12.1 Å². The molecule has 124 valence electrons. The Morgan fingerprint density at radius 3 is 2.70 bits per heavy atom. The Hall–Kier alpha value is -1.56. The molecule has 1 aromatic carbocycles. The number of nitrogens with zero attached hydrogens (tertiary/aromatic N) is 2. The molecule has 23 heavy (non-hydrogen) atoms. The fourth-order valence-corrected chi connectivity index (χ4v) is 3.69. The third-order valence-electron chi connectivity index (χ3n) is 4.75. The zero-order valence-corrected chi connectivity index (χ0v) is 14.5. The fraction of sp³-hybridized carbons (Fsp3) is 0.529. The van der Waals surface area contributed by atoms with Gasteiger partial charge in [-0.15, -0.1) is 0 Å². The van der Waals surface area contributed by atoms with Crippen LogP contribution >= 0.6 is 11.9 Å². The van der Waals surface area contributed by atoms with Crippen LogP contribution in [0.2, 0.25) is 0 Å². The van der Waals surface area contributed by atoms with Crippen LogP contribution in [0.25, 0.3) is 10.9 Å². The Kier molecular flexibility index (Phi) is 4.62. The van der Waals surface area contributed by atoms with Crippen LogP contribution in [0, 0.1) is 18.7 Å². The number of halogens is 1. The van der Waals surface area contributed by atoms with Gasteiger partial charge in [0.2, 0.25) is 0 Å². The van der Waals surface area contributed by atoms with Crippen LogP contribution in [0.3, 0.4) is 0 Å². The number of benzene rings is 1. The van der Waals surface area contributed by atoms with E-state index < -0.39 is 11.7 Å². The van der Waals surface area contributed by atoms with Crippen molar-refractivity contribution >= 4 is 28.8 Å². The molecule has 1 heterocycles. The molecule has 1 aromatic heterocycles. The molecule has 2 aromatic rings. The summed E-state index contributed by atoms with van der Waals surface area (Å²) in [4.78, 5) is 12.0. The van der Waals surface area contributed by atoms with E-state index in [-0.39, 0.29) is 5.56 Å². The van der Waals surface area contributed by atoms with Crippen LogP contribution < -0.4 is 4.72 Å². The van der Waals surface area contributed by atoms with Crippen molar-refractivity contribution in [1.29, 1.82) is 0 Å². The summed E-state index contributed by atoms with van der Waals surface area (Å²) < 4.78 is 18.9. The number of nitrogens with one attached hydrogen (secondary N) is 1. The summed E-state index contributed by atoms with van der Waals surface area (Å²) >= 11 is 1.16. The Morgan fingerprint density at radius 2 is 2.04 bits per heavy atom. The molecule has 0 unspecified atom stereocenters. The molecular formula is C17H22FN3OS. The molecular weight excluding hydrogens is 313 g/mol. The van der Waals surface area contributed by atoms with E-state index in [9.17, 15) is 9.18 Å². The van der Waals surface area contributed by atoms with Gasteiger partial charge in [-0.05, 0) is 44.6 Å². The van der Waals surface area contributed by atoms with Crippen LogP contribution in [-0.2, 0) is 0 Å². The van der Waals surface area contributed by atoms with Gasteiger partial charge >= 0.3 is 0 Å². The SMILES string of the molecule is CSNC(=O)c1cc2c(C)nn(C3CCC(C)CC3)c2cc1F. The van der Waals surface area contributed by atoms with Crippen LogP contribution in [0.1, 0.15) is 54.7 Å². The van der Waals surface area contributed by atoms with Gasteiger partial charge in [-0.2, -0.15) is 5.10 Å². The Bertz CT molecular complexity index is 735. The van der Waals surface area contributed by atoms with Gasteiger partial charge in [0.1, 0.15) is 5.82 Å². The van der Waals surface area contributed by atoms with E-state index in [0.29, 0.717) is 6.04 Å². The summed E-state index contributed by atoms with van der Waals surface area (Å²) in [5, 5.41) is 5.50. The number of fused-ring (bicyclic) bond motifs is 1. The highest BCUT2D eigenvalue weighted by Gasteiger charge is 2.24. The maximum atomic E-state index is 14.4. The number of hydrogen-bond acceptors (Lipinski definition) is 3. The van der Waals surface area contributed by atoms with E-state index in [1.807, 2.05) is 11.6 Å². The minimum atomic E-state index is -0.491. The first-order valence-corrected chi connectivity index (χ1v) is 9.25. The maximum Gasteiger partial charge on any atom is 0.264 e. The van der Waals surface area contributed by atoms with Gasteiger partial charge in [0.05, 0.1) is 22.8 Å². The minimum absolute atomic E-state index is 0.0757. The maximum absolute atomic E-state index is 14.4. The van der Waals surface area contributed by atoms with Gasteiger partial charge in [0.15, 0.2) is 0 Å². The molecule has 6 heteroatoms. The molecule has 0 aliphatic heterocycles. The van der Waals surface area contributed by atoms with E-state index in [1.165, 1.54) is 18.9 Å². The van der Waals surface area contributed by atoms with Gasteiger partial charge in [0, 0.05) is 17.7 Å². The van der Waals surface area contributed by atoms with Crippen molar-refractivity contribution in [2.75, 3.05) is 6.26 Å². The van der Waals surface area contributed by atoms with Crippen molar-refractivity contribution in [2.24, 2.45) is 5.92 Å². The van der Waals surface area contributed by atoms with Gasteiger partial charge in [-0.25, -0.2) is 4.39 Å². The van der Waals surface area contributed by atoms with Gasteiger partial charge in [0.25, 0.3) is 5.91 Å². The molecule has 1 N–H and O–H groups in total. The lowest BCUT2D eigenvalue weighted by molar-refractivity contribution is 0.0981. The minimum Gasteiger partial charge on any atom is -0.296 e. The molecule has 0 atom stereocenters. The van der Waals surface area contributed by atoms with Gasteiger partial charge in [-0.3, -0.25) is 14.2 Å². The van der Waals surface area contributed by atoms with Crippen molar-refractivity contribution in [3.8, 4) is 0 Å². The van der Waals surface area contributed by atoms with E-state index >= 15 is 0 Å². The second kappa shape index (κ2) is 6.51. The monoisotopic (exact) mass is 335 g/mol. The van der Waals surface area contributed by atoms with E-state index in [0.717, 1.165) is 47.3 Å². The van der Waals surface area contributed by atoms with Gasteiger partial charge in [-0.1, -0.05) is 18.9 Å². The summed E-state index contributed by atoms with van der Waals surface area (Å²) in [5.41, 5.74) is 1.71. The quantitative estimate of drug-likeness (QED) is 0.853. The summed E-state index contributed by atoms with van der Waals surface area (Å²) in [7, 11) is 0. The van der Waals surface area contributed by atoms with Crippen LogP contribution in [-0.4, -0.2) is 21.9 Å². The smallest absolute Gasteiger partial charge is 0.264 e. The largest absolute Gasteiger partial charge is 0.296 e. The highest BCUT2D eigenvalue weighted by Crippen LogP contribution is 2.34. The first-order chi connectivity index (χ1) is 11.0. The normalized spacial score (nSPS) is 21.6. The molecule has 1 aliphatic rings. The summed E-state index contributed by atoms with van der Waals surface area (Å²) in [6.07, 6.45) is 6.26. The third kappa shape index (κ3) is 3.09. The second-order valence-electron chi connectivity index (χ2n) is 6.43. The number of carbonyl (C=O) groups excluding carboxylic acids is 1. The third-order valence-corrected chi connectivity index (χ3v) is 5.14. The zero-order chi connectivity index (χ0) is 16.6. The molecule has 1 saturated carbocycles. The van der Waals surface area contributed by atoms with E-state index in [4.69, 9.17) is 0 Å². The summed E-state index contributed by atoms with van der Waals surface area (Å²) in [5.74, 6) is -0.141. The fourth-order valence-electron chi connectivity index (χ4n) is 3.40. The first kappa shape index (κ1) is 16.3. The number of aromatic nitrogens is 2. The molecule has 1 fully saturated rings. The Labute approximate surface area is 139 Å². The molecule has 1 aliphatic carbocycles. The zero-order valence-electron chi connectivity index (χ0n) is 13.7. The lowest BCUT2D eigenvalue weighted by Gasteiger charge is -2.27.